The highest BCUT2D eigenvalue weighted by Crippen LogP contribution is 2.24. The van der Waals surface area contributed by atoms with Crippen molar-refractivity contribution in [1.29, 1.82) is 0 Å². The molecule has 0 bridgehead atoms. The Kier molecular flexibility index (Phi) is 3.52. The van der Waals surface area contributed by atoms with Gasteiger partial charge >= 0.3 is 5.97 Å². The molecule has 0 aliphatic rings. The van der Waals surface area contributed by atoms with E-state index in [2.05, 4.69) is 0 Å². The number of hydrogen-bond acceptors (Lipinski definition) is 4. The van der Waals surface area contributed by atoms with Crippen LogP contribution in [0.1, 0.15) is 11.7 Å². The molecule has 2 atom stereocenters. The van der Waals surface area contributed by atoms with E-state index in [-0.39, 0.29) is 11.3 Å². The number of aliphatic hydroxyl groups excluding tert-OH is 2. The van der Waals surface area contributed by atoms with Gasteiger partial charge in [0.1, 0.15) is 6.10 Å². The highest BCUT2D eigenvalue weighted by atomic mass is 35.5. The summed E-state index contributed by atoms with van der Waals surface area (Å²) in [5, 5.41) is 27.3. The van der Waals surface area contributed by atoms with Crippen molar-refractivity contribution in [3.05, 3.63) is 28.8 Å². The van der Waals surface area contributed by atoms with Gasteiger partial charge in [-0.05, 0) is 17.7 Å². The Labute approximate surface area is 90.7 Å². The monoisotopic (exact) mass is 231 g/mol. The molecule has 0 amide bonds. The molecule has 15 heavy (non-hydrogen) atoms. The minimum atomic E-state index is -1.88. The predicted molar refractivity (Wildman–Crippen MR) is 54.5 cm³/mol. The standard InChI is InChI=1S/C9H10ClNO4/c10-5-2-1-4(3-6(5)11)7(12)8(13)9(14)15/h1-3,7-8,12-13H,11H2,(H,14,15). The number of carboxylic acid groups (broad SMARTS) is 1. The van der Waals surface area contributed by atoms with Gasteiger partial charge in [-0.3, -0.25) is 0 Å². The number of anilines is 1. The second-order valence-corrected chi connectivity index (χ2v) is 3.42. The first-order valence-corrected chi connectivity index (χ1v) is 4.45. The Morgan fingerprint density at radius 2 is 2.00 bits per heavy atom. The Morgan fingerprint density at radius 1 is 1.40 bits per heavy atom. The summed E-state index contributed by atoms with van der Waals surface area (Å²) in [5.74, 6) is -1.50. The number of hydrogen-bond donors (Lipinski definition) is 4. The Bertz CT molecular complexity index is 382. The molecule has 0 spiro atoms. The molecule has 1 rings (SSSR count). The molecule has 0 radical (unpaired) electrons. The third-order valence-electron chi connectivity index (χ3n) is 1.91. The van der Waals surface area contributed by atoms with Gasteiger partial charge in [-0.15, -0.1) is 0 Å². The van der Waals surface area contributed by atoms with Gasteiger partial charge in [-0.2, -0.15) is 0 Å². The van der Waals surface area contributed by atoms with E-state index in [9.17, 15) is 9.90 Å². The topological polar surface area (TPSA) is 104 Å². The van der Waals surface area contributed by atoms with Crippen molar-refractivity contribution >= 4 is 23.3 Å². The summed E-state index contributed by atoms with van der Waals surface area (Å²) in [4.78, 5) is 10.4. The Hall–Kier alpha value is -1.30. The number of carboxylic acids is 1. The summed E-state index contributed by atoms with van der Waals surface area (Å²) in [6.07, 6.45) is -3.41. The van der Waals surface area contributed by atoms with Gasteiger partial charge in [0, 0.05) is 0 Å². The van der Waals surface area contributed by atoms with Crippen LogP contribution in [0, 0.1) is 0 Å². The first kappa shape index (κ1) is 11.8. The van der Waals surface area contributed by atoms with Crippen LogP contribution < -0.4 is 5.73 Å². The van der Waals surface area contributed by atoms with Crippen molar-refractivity contribution in [1.82, 2.24) is 0 Å². The summed E-state index contributed by atoms with van der Waals surface area (Å²) in [6.45, 7) is 0. The van der Waals surface area contributed by atoms with Crippen molar-refractivity contribution in [2.75, 3.05) is 5.73 Å². The minimum Gasteiger partial charge on any atom is -0.479 e. The van der Waals surface area contributed by atoms with Crippen LogP contribution in [0.4, 0.5) is 5.69 Å². The number of nitrogens with two attached hydrogens (primary N) is 1. The molecule has 0 saturated heterocycles. The molecule has 5 nitrogen and oxygen atoms in total. The fourth-order valence-corrected chi connectivity index (χ4v) is 1.18. The lowest BCUT2D eigenvalue weighted by Gasteiger charge is -2.14. The average Bonchev–Trinajstić information content (AvgIpc) is 2.19. The molecule has 2 unspecified atom stereocenters. The highest BCUT2D eigenvalue weighted by Gasteiger charge is 2.25. The number of carbonyl (C=O) groups is 1. The predicted octanol–water partition coefficient (Wildman–Crippen LogP) is 0.401. The van der Waals surface area contributed by atoms with Crippen LogP contribution in [-0.2, 0) is 4.79 Å². The minimum absolute atomic E-state index is 0.201. The fraction of sp³-hybridized carbons (Fsp3) is 0.222. The number of aliphatic hydroxyl groups is 2. The van der Waals surface area contributed by atoms with Crippen LogP contribution in [0.15, 0.2) is 18.2 Å². The van der Waals surface area contributed by atoms with Crippen LogP contribution in [0.2, 0.25) is 5.02 Å². The maximum absolute atomic E-state index is 10.4. The van der Waals surface area contributed by atoms with E-state index in [0.717, 1.165) is 0 Å². The third-order valence-corrected chi connectivity index (χ3v) is 2.26. The van der Waals surface area contributed by atoms with E-state index in [4.69, 9.17) is 27.5 Å². The largest absolute Gasteiger partial charge is 0.479 e. The maximum atomic E-state index is 10.4. The molecule has 1 aromatic carbocycles. The van der Waals surface area contributed by atoms with Gasteiger partial charge in [0.25, 0.3) is 0 Å². The van der Waals surface area contributed by atoms with Crippen molar-refractivity contribution in [2.24, 2.45) is 0 Å². The number of rotatable bonds is 3. The number of halogens is 1. The van der Waals surface area contributed by atoms with Crippen molar-refractivity contribution in [3.8, 4) is 0 Å². The third kappa shape index (κ3) is 2.59. The van der Waals surface area contributed by atoms with E-state index in [1.54, 1.807) is 0 Å². The quantitative estimate of drug-likeness (QED) is 0.564. The summed E-state index contributed by atoms with van der Waals surface area (Å²) in [6, 6.07) is 4.14. The van der Waals surface area contributed by atoms with Gasteiger partial charge in [0.05, 0.1) is 10.7 Å². The molecule has 0 aromatic heterocycles. The molecule has 1 aromatic rings. The summed E-state index contributed by atoms with van der Waals surface area (Å²) >= 11 is 5.64. The molecule has 82 valence electrons. The van der Waals surface area contributed by atoms with E-state index in [1.165, 1.54) is 18.2 Å². The SMILES string of the molecule is Nc1cc(C(O)C(O)C(=O)O)ccc1Cl. The van der Waals surface area contributed by atoms with Crippen molar-refractivity contribution in [3.63, 3.8) is 0 Å². The molecular formula is C9H10ClNO4. The number of aliphatic carboxylic acids is 1. The van der Waals surface area contributed by atoms with Crippen molar-refractivity contribution < 1.29 is 20.1 Å². The zero-order valence-corrected chi connectivity index (χ0v) is 8.35. The zero-order chi connectivity index (χ0) is 11.6. The smallest absolute Gasteiger partial charge is 0.335 e. The van der Waals surface area contributed by atoms with E-state index >= 15 is 0 Å². The fourth-order valence-electron chi connectivity index (χ4n) is 1.06. The molecule has 0 aliphatic heterocycles. The lowest BCUT2D eigenvalue weighted by molar-refractivity contribution is -0.153. The first-order chi connectivity index (χ1) is 6.93. The zero-order valence-electron chi connectivity index (χ0n) is 7.59. The van der Waals surface area contributed by atoms with Crippen LogP contribution in [-0.4, -0.2) is 27.4 Å². The van der Waals surface area contributed by atoms with Gasteiger partial charge < -0.3 is 21.1 Å². The van der Waals surface area contributed by atoms with E-state index in [1.807, 2.05) is 0 Å². The summed E-state index contributed by atoms with van der Waals surface area (Å²) in [5.41, 5.74) is 5.88. The summed E-state index contributed by atoms with van der Waals surface area (Å²) < 4.78 is 0. The van der Waals surface area contributed by atoms with Crippen molar-refractivity contribution in [2.45, 2.75) is 12.2 Å². The Balaban J connectivity index is 2.96. The lowest BCUT2D eigenvalue weighted by atomic mass is 10.0. The maximum Gasteiger partial charge on any atom is 0.335 e. The molecule has 6 heteroatoms. The molecule has 0 heterocycles. The van der Waals surface area contributed by atoms with Crippen LogP contribution in [0.3, 0.4) is 0 Å². The molecule has 0 fully saturated rings. The second kappa shape index (κ2) is 4.48. The van der Waals surface area contributed by atoms with E-state index in [0.29, 0.717) is 5.02 Å². The molecule has 5 N–H and O–H groups in total. The molecular weight excluding hydrogens is 222 g/mol. The van der Waals surface area contributed by atoms with E-state index < -0.39 is 18.2 Å². The van der Waals surface area contributed by atoms with Gasteiger partial charge in [0.15, 0.2) is 6.10 Å². The summed E-state index contributed by atoms with van der Waals surface area (Å²) in [7, 11) is 0. The van der Waals surface area contributed by atoms with Crippen LogP contribution >= 0.6 is 11.6 Å². The first-order valence-electron chi connectivity index (χ1n) is 4.07. The average molecular weight is 232 g/mol. The Morgan fingerprint density at radius 3 is 2.47 bits per heavy atom. The lowest BCUT2D eigenvalue weighted by Crippen LogP contribution is -2.27. The van der Waals surface area contributed by atoms with Gasteiger partial charge in [-0.25, -0.2) is 4.79 Å². The molecule has 0 saturated carbocycles. The van der Waals surface area contributed by atoms with Crippen LogP contribution in [0.25, 0.3) is 0 Å². The van der Waals surface area contributed by atoms with Crippen LogP contribution in [0.5, 0.6) is 0 Å². The molecule has 0 aliphatic carbocycles. The number of nitrogen functional groups attached to an aromatic ring is 1. The normalized spacial score (nSPS) is 14.6. The number of benzene rings is 1. The highest BCUT2D eigenvalue weighted by molar-refractivity contribution is 6.33. The second-order valence-electron chi connectivity index (χ2n) is 3.01. The van der Waals surface area contributed by atoms with Gasteiger partial charge in [0.2, 0.25) is 0 Å². The van der Waals surface area contributed by atoms with Gasteiger partial charge in [-0.1, -0.05) is 17.7 Å².